The molecule has 0 spiro atoms. The zero-order valence-corrected chi connectivity index (χ0v) is 12.8. The van der Waals surface area contributed by atoms with Gasteiger partial charge in [-0.1, -0.05) is 6.07 Å². The van der Waals surface area contributed by atoms with Crippen LogP contribution in [0.15, 0.2) is 41.0 Å². The molecule has 0 saturated carbocycles. The molecule has 1 heterocycles. The minimum Gasteiger partial charge on any atom is -0.340 e. The van der Waals surface area contributed by atoms with Crippen LogP contribution in [0, 0.1) is 11.3 Å². The number of hydrogen-bond acceptors (Lipinski definition) is 2. The highest BCUT2D eigenvalue weighted by Crippen LogP contribution is 2.20. The van der Waals surface area contributed by atoms with Gasteiger partial charge >= 0.3 is 0 Å². The van der Waals surface area contributed by atoms with Crippen LogP contribution in [0.25, 0.3) is 0 Å². The first kappa shape index (κ1) is 14.4. The highest BCUT2D eigenvalue weighted by molar-refractivity contribution is 9.10. The number of amides is 1. The van der Waals surface area contributed by atoms with Crippen molar-refractivity contribution in [2.45, 2.75) is 19.9 Å². The summed E-state index contributed by atoms with van der Waals surface area (Å²) in [6.45, 7) is 4.03. The molecule has 1 amide bonds. The van der Waals surface area contributed by atoms with Crippen LogP contribution >= 0.6 is 15.9 Å². The smallest absolute Gasteiger partial charge is 0.272 e. The number of aromatic nitrogens is 1. The Hall–Kier alpha value is -2.06. The third kappa shape index (κ3) is 3.09. The Balaban J connectivity index is 2.26. The SMILES string of the molecule is CC(C)n1cc(Br)cc1C(=O)Nc1cccc(C#N)c1. The van der Waals surface area contributed by atoms with Crippen molar-refractivity contribution in [3.8, 4) is 6.07 Å². The van der Waals surface area contributed by atoms with Gasteiger partial charge in [0.25, 0.3) is 5.91 Å². The largest absolute Gasteiger partial charge is 0.340 e. The molecule has 1 aromatic carbocycles. The second-order valence-corrected chi connectivity index (χ2v) is 5.61. The predicted molar refractivity (Wildman–Crippen MR) is 81.6 cm³/mol. The van der Waals surface area contributed by atoms with Crippen molar-refractivity contribution >= 4 is 27.5 Å². The van der Waals surface area contributed by atoms with Gasteiger partial charge in [-0.25, -0.2) is 0 Å². The van der Waals surface area contributed by atoms with Gasteiger partial charge in [-0.2, -0.15) is 5.26 Å². The van der Waals surface area contributed by atoms with Crippen LogP contribution in [0.3, 0.4) is 0 Å². The highest BCUT2D eigenvalue weighted by atomic mass is 79.9. The third-order valence-corrected chi connectivity index (χ3v) is 3.29. The van der Waals surface area contributed by atoms with Gasteiger partial charge in [-0.05, 0) is 54.0 Å². The van der Waals surface area contributed by atoms with Crippen LogP contribution < -0.4 is 5.32 Å². The number of hydrogen-bond donors (Lipinski definition) is 1. The number of anilines is 1. The van der Waals surface area contributed by atoms with E-state index in [1.165, 1.54) is 0 Å². The van der Waals surface area contributed by atoms with Crippen molar-refractivity contribution < 1.29 is 4.79 Å². The van der Waals surface area contributed by atoms with Crippen molar-refractivity contribution in [3.05, 3.63) is 52.3 Å². The molecule has 0 atom stereocenters. The Morgan fingerprint density at radius 1 is 1.40 bits per heavy atom. The molecule has 0 bridgehead atoms. The molecule has 0 aliphatic heterocycles. The summed E-state index contributed by atoms with van der Waals surface area (Å²) < 4.78 is 2.76. The lowest BCUT2D eigenvalue weighted by molar-refractivity contribution is 0.101. The van der Waals surface area contributed by atoms with Crippen LogP contribution in [0.5, 0.6) is 0 Å². The maximum Gasteiger partial charge on any atom is 0.272 e. The molecule has 0 aliphatic rings. The number of carbonyl (C=O) groups excluding carboxylic acids is 1. The van der Waals surface area contributed by atoms with E-state index in [0.29, 0.717) is 16.9 Å². The van der Waals surface area contributed by atoms with Crippen molar-refractivity contribution in [2.75, 3.05) is 5.32 Å². The summed E-state index contributed by atoms with van der Waals surface area (Å²) in [5.41, 5.74) is 1.71. The van der Waals surface area contributed by atoms with Gasteiger partial charge in [-0.3, -0.25) is 4.79 Å². The lowest BCUT2D eigenvalue weighted by Crippen LogP contribution is -2.17. The second-order valence-electron chi connectivity index (χ2n) is 4.69. The van der Waals surface area contributed by atoms with Gasteiger partial charge in [0.05, 0.1) is 11.6 Å². The van der Waals surface area contributed by atoms with E-state index in [1.54, 1.807) is 30.3 Å². The van der Waals surface area contributed by atoms with Gasteiger partial charge in [0.1, 0.15) is 5.69 Å². The van der Waals surface area contributed by atoms with Crippen LogP contribution in [-0.4, -0.2) is 10.5 Å². The summed E-state index contributed by atoms with van der Waals surface area (Å²) in [7, 11) is 0. The average molecular weight is 332 g/mol. The third-order valence-electron chi connectivity index (χ3n) is 2.85. The minimum atomic E-state index is -0.195. The number of nitrogens with zero attached hydrogens (tertiary/aromatic N) is 2. The molecule has 2 aromatic rings. The Labute approximate surface area is 126 Å². The van der Waals surface area contributed by atoms with Crippen LogP contribution in [0.2, 0.25) is 0 Å². The summed E-state index contributed by atoms with van der Waals surface area (Å²) in [4.78, 5) is 12.3. The Bertz CT molecular complexity index is 683. The molecular formula is C15H14BrN3O. The zero-order valence-electron chi connectivity index (χ0n) is 11.2. The molecule has 5 heteroatoms. The fourth-order valence-corrected chi connectivity index (χ4v) is 2.35. The van der Waals surface area contributed by atoms with Gasteiger partial charge in [0.15, 0.2) is 0 Å². The molecule has 2 rings (SSSR count). The average Bonchev–Trinajstić information content (AvgIpc) is 2.81. The van der Waals surface area contributed by atoms with Crippen LogP contribution in [-0.2, 0) is 0 Å². The van der Waals surface area contributed by atoms with Gasteiger partial charge in [-0.15, -0.1) is 0 Å². The fraction of sp³-hybridized carbons (Fsp3) is 0.200. The molecular weight excluding hydrogens is 318 g/mol. The van der Waals surface area contributed by atoms with Gasteiger partial charge < -0.3 is 9.88 Å². The molecule has 0 saturated heterocycles. The standard InChI is InChI=1S/C15H14BrN3O/c1-10(2)19-9-12(16)7-14(19)15(20)18-13-5-3-4-11(6-13)8-17/h3-7,9-10H,1-2H3,(H,18,20). The molecule has 0 fully saturated rings. The first-order chi connectivity index (χ1) is 9.51. The molecule has 4 nitrogen and oxygen atoms in total. The van der Waals surface area contributed by atoms with Crippen molar-refractivity contribution in [3.63, 3.8) is 0 Å². The van der Waals surface area contributed by atoms with Crippen molar-refractivity contribution in [2.24, 2.45) is 0 Å². The predicted octanol–water partition coefficient (Wildman–Crippen LogP) is 3.96. The number of carbonyl (C=O) groups is 1. The fourth-order valence-electron chi connectivity index (χ4n) is 1.92. The summed E-state index contributed by atoms with van der Waals surface area (Å²) in [5.74, 6) is -0.195. The monoisotopic (exact) mass is 331 g/mol. The van der Waals surface area contributed by atoms with Gasteiger partial charge in [0, 0.05) is 22.4 Å². The number of nitrogens with one attached hydrogen (secondary N) is 1. The highest BCUT2D eigenvalue weighted by Gasteiger charge is 2.15. The summed E-state index contributed by atoms with van der Waals surface area (Å²) in [6, 6.07) is 10.9. The molecule has 0 aliphatic carbocycles. The maximum absolute atomic E-state index is 12.3. The molecule has 0 unspecified atom stereocenters. The van der Waals surface area contributed by atoms with E-state index < -0.39 is 0 Å². The van der Waals surface area contributed by atoms with Crippen molar-refractivity contribution in [1.82, 2.24) is 4.57 Å². The van der Waals surface area contributed by atoms with Crippen LogP contribution in [0.4, 0.5) is 5.69 Å². The lowest BCUT2D eigenvalue weighted by atomic mass is 10.2. The second kappa shape index (κ2) is 5.93. The topological polar surface area (TPSA) is 57.8 Å². The number of nitriles is 1. The van der Waals surface area contributed by atoms with E-state index in [0.717, 1.165) is 4.47 Å². The van der Waals surface area contributed by atoms with Crippen molar-refractivity contribution in [1.29, 1.82) is 5.26 Å². The quantitative estimate of drug-likeness (QED) is 0.925. The summed E-state index contributed by atoms with van der Waals surface area (Å²) in [6.07, 6.45) is 1.88. The van der Waals surface area contributed by atoms with E-state index in [9.17, 15) is 4.79 Å². The van der Waals surface area contributed by atoms with Crippen LogP contribution in [0.1, 0.15) is 35.9 Å². The molecule has 1 aromatic heterocycles. The molecule has 20 heavy (non-hydrogen) atoms. The first-order valence-electron chi connectivity index (χ1n) is 6.20. The van der Waals surface area contributed by atoms with E-state index in [2.05, 4.69) is 27.3 Å². The molecule has 1 N–H and O–H groups in total. The molecule has 0 radical (unpaired) electrons. The lowest BCUT2D eigenvalue weighted by Gasteiger charge is -2.12. The maximum atomic E-state index is 12.3. The zero-order chi connectivity index (χ0) is 14.7. The molecule has 102 valence electrons. The van der Waals surface area contributed by atoms with Gasteiger partial charge in [0.2, 0.25) is 0 Å². The minimum absolute atomic E-state index is 0.187. The summed E-state index contributed by atoms with van der Waals surface area (Å²) >= 11 is 3.38. The number of benzene rings is 1. The Morgan fingerprint density at radius 2 is 2.15 bits per heavy atom. The van der Waals surface area contributed by atoms with E-state index >= 15 is 0 Å². The normalized spacial score (nSPS) is 10.3. The van der Waals surface area contributed by atoms with E-state index in [4.69, 9.17) is 5.26 Å². The summed E-state index contributed by atoms with van der Waals surface area (Å²) in [5, 5.41) is 11.7. The van der Waals surface area contributed by atoms with E-state index in [-0.39, 0.29) is 11.9 Å². The first-order valence-corrected chi connectivity index (χ1v) is 6.99. The number of rotatable bonds is 3. The Morgan fingerprint density at radius 3 is 2.80 bits per heavy atom. The van der Waals surface area contributed by atoms with E-state index in [1.807, 2.05) is 24.6 Å². The Kier molecular flexibility index (Phi) is 4.26. The number of halogens is 1.